The molecule has 28 heavy (non-hydrogen) atoms. The fourth-order valence-corrected chi connectivity index (χ4v) is 3.46. The Balaban J connectivity index is 1.85. The average molecular weight is 368 g/mol. The highest BCUT2D eigenvalue weighted by molar-refractivity contribution is 6.20. The van der Waals surface area contributed by atoms with Crippen LogP contribution < -0.4 is 0 Å². The van der Waals surface area contributed by atoms with Crippen molar-refractivity contribution >= 4 is 67.0 Å². The van der Waals surface area contributed by atoms with Crippen molar-refractivity contribution in [2.24, 2.45) is 7.05 Å². The molecule has 12 nitrogen and oxygen atoms in total. The monoisotopic (exact) mass is 368 g/mol. The molecule has 7 aromatic rings. The fraction of sp³-hybridized carbons (Fsp3) is 0.0625. The van der Waals surface area contributed by atoms with Crippen LogP contribution in [0, 0.1) is 0 Å². The lowest BCUT2D eigenvalue weighted by Gasteiger charge is -2.07. The maximum Gasteiger partial charge on any atom is 0.198 e. The van der Waals surface area contributed by atoms with Crippen molar-refractivity contribution in [1.29, 1.82) is 0 Å². The molecular formula is C16H8N12. The number of hydrogen-bond donors (Lipinski definition) is 2. The fourth-order valence-electron chi connectivity index (χ4n) is 3.46. The third-order valence-corrected chi connectivity index (χ3v) is 4.75. The standard InChI is InChI=1S/C16H8N12/c1-28-4-21-15-16(28)27-10-8-6(23-13-14(25-8)20-3-19-13)5-7(9(10)26-15)24-12-11(22-5)17-2-18-12/h2-4H,1H3,(H,17,18,22,24)(H,19,20,23,25). The number of nitrogens with zero attached hydrogens (tertiary/aromatic N) is 10. The lowest BCUT2D eigenvalue weighted by Crippen LogP contribution is -1.99. The predicted octanol–water partition coefficient (Wildman–Crippen LogP) is 1.16. The van der Waals surface area contributed by atoms with Gasteiger partial charge < -0.3 is 14.5 Å². The molecule has 0 saturated heterocycles. The first kappa shape index (κ1) is 13.8. The molecule has 0 unspecified atom stereocenters. The molecule has 0 spiro atoms. The Morgan fingerprint density at radius 2 is 1.11 bits per heavy atom. The normalized spacial score (nSPS) is 12.5. The minimum absolute atomic E-state index is 0.492. The molecule has 0 atom stereocenters. The summed E-state index contributed by atoms with van der Waals surface area (Å²) >= 11 is 0. The largest absolute Gasteiger partial charge is 0.328 e. The molecule has 6 heterocycles. The van der Waals surface area contributed by atoms with E-state index in [4.69, 9.17) is 9.97 Å². The zero-order valence-electron chi connectivity index (χ0n) is 14.2. The number of hydrogen-bond acceptors (Lipinski definition) is 9. The molecule has 0 aliphatic carbocycles. The predicted molar refractivity (Wildman–Crippen MR) is 99.3 cm³/mol. The van der Waals surface area contributed by atoms with Gasteiger partial charge in [-0.25, -0.2) is 44.9 Å². The molecule has 2 N–H and O–H groups in total. The number of rotatable bonds is 0. The molecule has 0 aliphatic heterocycles. The van der Waals surface area contributed by atoms with Gasteiger partial charge in [-0.05, 0) is 0 Å². The minimum atomic E-state index is 0.492. The van der Waals surface area contributed by atoms with Crippen LogP contribution in [-0.2, 0) is 7.05 Å². The molecule has 0 saturated carbocycles. The summed E-state index contributed by atoms with van der Waals surface area (Å²) < 4.78 is 1.81. The Labute approximate surface area is 153 Å². The van der Waals surface area contributed by atoms with E-state index in [-0.39, 0.29) is 0 Å². The topological polar surface area (TPSA) is 153 Å². The van der Waals surface area contributed by atoms with E-state index >= 15 is 0 Å². The number of aromatic amines is 2. The highest BCUT2D eigenvalue weighted by atomic mass is 15.1. The van der Waals surface area contributed by atoms with Crippen molar-refractivity contribution in [1.82, 2.24) is 59.4 Å². The van der Waals surface area contributed by atoms with Gasteiger partial charge in [-0.1, -0.05) is 0 Å². The maximum absolute atomic E-state index is 4.78. The summed E-state index contributed by atoms with van der Waals surface area (Å²) in [6, 6.07) is 0. The SMILES string of the molecule is Cn1cnc2nc3c4nc5[nH]cnc5nc4c4nc5[nH]cnc5nc4c3nc21. The second-order valence-corrected chi connectivity index (χ2v) is 6.41. The number of fused-ring (bicyclic) bond motifs is 9. The van der Waals surface area contributed by atoms with Crippen molar-refractivity contribution in [3.63, 3.8) is 0 Å². The van der Waals surface area contributed by atoms with Crippen molar-refractivity contribution in [3.8, 4) is 0 Å². The molecule has 132 valence electrons. The van der Waals surface area contributed by atoms with Gasteiger partial charge in [0.2, 0.25) is 0 Å². The van der Waals surface area contributed by atoms with Crippen molar-refractivity contribution in [2.75, 3.05) is 0 Å². The van der Waals surface area contributed by atoms with Gasteiger partial charge in [-0.15, -0.1) is 0 Å². The molecule has 7 rings (SSSR count). The first-order valence-corrected chi connectivity index (χ1v) is 8.39. The highest BCUT2D eigenvalue weighted by Gasteiger charge is 2.20. The third-order valence-electron chi connectivity index (χ3n) is 4.75. The van der Waals surface area contributed by atoms with Crippen molar-refractivity contribution < 1.29 is 0 Å². The van der Waals surface area contributed by atoms with Crippen LogP contribution in [0.3, 0.4) is 0 Å². The van der Waals surface area contributed by atoms with E-state index < -0.39 is 0 Å². The molecular weight excluding hydrogens is 360 g/mol. The quantitative estimate of drug-likeness (QED) is 0.375. The second kappa shape index (κ2) is 4.49. The minimum Gasteiger partial charge on any atom is -0.328 e. The first-order valence-electron chi connectivity index (χ1n) is 8.39. The Hall–Kier alpha value is -4.35. The van der Waals surface area contributed by atoms with Crippen LogP contribution in [-0.4, -0.2) is 59.4 Å². The number of aromatic nitrogens is 12. The molecule has 12 heteroatoms. The van der Waals surface area contributed by atoms with Gasteiger partial charge in [0.15, 0.2) is 33.9 Å². The van der Waals surface area contributed by atoms with E-state index in [2.05, 4.69) is 44.9 Å². The summed E-state index contributed by atoms with van der Waals surface area (Å²) in [4.78, 5) is 46.9. The van der Waals surface area contributed by atoms with E-state index in [1.54, 1.807) is 19.0 Å². The zero-order valence-corrected chi connectivity index (χ0v) is 14.2. The molecule has 1 aromatic carbocycles. The number of imidazole rings is 3. The average Bonchev–Trinajstić information content (AvgIpc) is 3.44. The lowest BCUT2D eigenvalue weighted by molar-refractivity contribution is 0.933. The maximum atomic E-state index is 4.78. The van der Waals surface area contributed by atoms with Crippen LogP contribution in [0.4, 0.5) is 0 Å². The Morgan fingerprint density at radius 3 is 1.71 bits per heavy atom. The van der Waals surface area contributed by atoms with Crippen molar-refractivity contribution in [3.05, 3.63) is 19.0 Å². The van der Waals surface area contributed by atoms with Crippen LogP contribution in [0.5, 0.6) is 0 Å². The summed E-state index contributed by atoms with van der Waals surface area (Å²) in [5, 5.41) is 0. The molecule has 0 fully saturated rings. The van der Waals surface area contributed by atoms with Gasteiger partial charge in [0, 0.05) is 7.05 Å². The Kier molecular flexibility index (Phi) is 2.21. The third kappa shape index (κ3) is 1.57. The lowest BCUT2D eigenvalue weighted by atomic mass is 10.2. The van der Waals surface area contributed by atoms with Crippen LogP contribution in [0.1, 0.15) is 0 Å². The van der Waals surface area contributed by atoms with Gasteiger partial charge in [-0.3, -0.25) is 0 Å². The number of nitrogens with one attached hydrogen (secondary N) is 2. The van der Waals surface area contributed by atoms with E-state index in [1.807, 2.05) is 11.6 Å². The summed E-state index contributed by atoms with van der Waals surface area (Å²) in [5.74, 6) is 0. The number of benzene rings is 1. The van der Waals surface area contributed by atoms with Crippen LogP contribution >= 0.6 is 0 Å². The molecule has 0 aliphatic rings. The van der Waals surface area contributed by atoms with Crippen molar-refractivity contribution in [2.45, 2.75) is 0 Å². The van der Waals surface area contributed by atoms with E-state index in [0.29, 0.717) is 67.0 Å². The van der Waals surface area contributed by atoms with E-state index in [0.717, 1.165) is 0 Å². The molecule has 0 amide bonds. The van der Waals surface area contributed by atoms with Gasteiger partial charge in [-0.2, -0.15) is 0 Å². The second-order valence-electron chi connectivity index (χ2n) is 6.41. The molecule has 0 radical (unpaired) electrons. The molecule has 0 bridgehead atoms. The van der Waals surface area contributed by atoms with Crippen LogP contribution in [0.15, 0.2) is 19.0 Å². The zero-order chi connectivity index (χ0) is 18.4. The van der Waals surface area contributed by atoms with Gasteiger partial charge >= 0.3 is 0 Å². The van der Waals surface area contributed by atoms with E-state index in [1.165, 1.54) is 0 Å². The summed E-state index contributed by atoms with van der Waals surface area (Å²) in [7, 11) is 1.87. The summed E-state index contributed by atoms with van der Waals surface area (Å²) in [6.45, 7) is 0. The number of H-pyrrole nitrogens is 2. The number of aryl methyl sites for hydroxylation is 1. The van der Waals surface area contributed by atoms with Gasteiger partial charge in [0.1, 0.15) is 33.1 Å². The summed E-state index contributed by atoms with van der Waals surface area (Å²) in [6.07, 6.45) is 4.77. The summed E-state index contributed by atoms with van der Waals surface area (Å²) in [5.41, 5.74) is 6.64. The molecule has 6 aromatic heterocycles. The van der Waals surface area contributed by atoms with Crippen LogP contribution in [0.25, 0.3) is 67.0 Å². The van der Waals surface area contributed by atoms with Gasteiger partial charge in [0.05, 0.1) is 19.0 Å². The van der Waals surface area contributed by atoms with E-state index in [9.17, 15) is 0 Å². The van der Waals surface area contributed by atoms with Gasteiger partial charge in [0.25, 0.3) is 0 Å². The Bertz CT molecular complexity index is 1700. The smallest absolute Gasteiger partial charge is 0.198 e. The highest BCUT2D eigenvalue weighted by Crippen LogP contribution is 2.31. The first-order chi connectivity index (χ1) is 13.8. The Morgan fingerprint density at radius 1 is 0.607 bits per heavy atom. The van der Waals surface area contributed by atoms with Crippen LogP contribution in [0.2, 0.25) is 0 Å².